The smallest absolute Gasteiger partial charge is 0.193 e. The lowest BCUT2D eigenvalue weighted by Crippen LogP contribution is -2.10. The van der Waals surface area contributed by atoms with Crippen molar-refractivity contribution in [1.29, 1.82) is 0 Å². The van der Waals surface area contributed by atoms with Crippen molar-refractivity contribution in [3.63, 3.8) is 0 Å². The van der Waals surface area contributed by atoms with Crippen LogP contribution in [0.4, 0.5) is 0 Å². The van der Waals surface area contributed by atoms with E-state index in [0.717, 1.165) is 11.3 Å². The van der Waals surface area contributed by atoms with Crippen LogP contribution in [0.2, 0.25) is 0 Å². The average molecular weight is 342 g/mol. The van der Waals surface area contributed by atoms with Crippen LogP contribution < -0.4 is 14.2 Å². The minimum atomic E-state index is -0.355. The zero-order valence-corrected chi connectivity index (χ0v) is 14.8. The molecule has 0 atom stereocenters. The van der Waals surface area contributed by atoms with Gasteiger partial charge in [0.25, 0.3) is 0 Å². The number of hydrogen-bond acceptors (Lipinski definition) is 5. The molecule has 0 amide bonds. The quantitative estimate of drug-likeness (QED) is 0.606. The Morgan fingerprint density at radius 1 is 1.04 bits per heavy atom. The van der Waals surface area contributed by atoms with E-state index in [4.69, 9.17) is 14.2 Å². The predicted molar refractivity (Wildman–Crippen MR) is 96.8 cm³/mol. The molecule has 0 radical (unpaired) electrons. The number of aromatic hydroxyl groups is 1. The van der Waals surface area contributed by atoms with Gasteiger partial charge in [0.05, 0.1) is 20.3 Å². The molecule has 0 aliphatic heterocycles. The number of carbonyl (C=O) groups is 1. The van der Waals surface area contributed by atoms with E-state index in [9.17, 15) is 9.90 Å². The Labute approximate surface area is 147 Å². The molecular weight excluding hydrogens is 320 g/mol. The van der Waals surface area contributed by atoms with Gasteiger partial charge >= 0.3 is 0 Å². The third-order valence-corrected chi connectivity index (χ3v) is 3.44. The molecule has 2 aromatic carbocycles. The van der Waals surface area contributed by atoms with E-state index in [0.29, 0.717) is 5.75 Å². The lowest BCUT2D eigenvalue weighted by molar-refractivity contribution is 0.103. The van der Waals surface area contributed by atoms with E-state index < -0.39 is 0 Å². The number of ether oxygens (including phenoxy) is 3. The van der Waals surface area contributed by atoms with Crippen molar-refractivity contribution < 1.29 is 24.1 Å². The second-order valence-electron chi connectivity index (χ2n) is 5.66. The highest BCUT2D eigenvalue weighted by atomic mass is 16.5. The molecule has 0 saturated carbocycles. The van der Waals surface area contributed by atoms with Gasteiger partial charge in [-0.2, -0.15) is 0 Å². The van der Waals surface area contributed by atoms with Gasteiger partial charge in [0.1, 0.15) is 28.6 Å². The molecule has 5 heteroatoms. The van der Waals surface area contributed by atoms with Crippen molar-refractivity contribution in [2.24, 2.45) is 0 Å². The Morgan fingerprint density at radius 2 is 1.68 bits per heavy atom. The molecule has 0 aliphatic rings. The van der Waals surface area contributed by atoms with E-state index in [1.165, 1.54) is 19.3 Å². The molecule has 0 fully saturated rings. The van der Waals surface area contributed by atoms with Crippen molar-refractivity contribution in [2.45, 2.75) is 20.0 Å². The number of methoxy groups -OCH3 is 2. The molecule has 2 rings (SSSR count). The SMILES string of the molecule is COc1ccc(/C=C/C(=O)c2c(O)cc(OC)cc2OC(C)C)cc1. The summed E-state index contributed by atoms with van der Waals surface area (Å²) in [5.41, 5.74) is 0.952. The molecule has 132 valence electrons. The Balaban J connectivity index is 2.31. The van der Waals surface area contributed by atoms with Crippen molar-refractivity contribution >= 4 is 11.9 Å². The van der Waals surface area contributed by atoms with Crippen LogP contribution in [0.1, 0.15) is 29.8 Å². The number of allylic oxidation sites excluding steroid dienone is 1. The Morgan fingerprint density at radius 3 is 2.24 bits per heavy atom. The van der Waals surface area contributed by atoms with Gasteiger partial charge in [0, 0.05) is 12.1 Å². The lowest BCUT2D eigenvalue weighted by atomic mass is 10.1. The molecule has 0 heterocycles. The van der Waals surface area contributed by atoms with Gasteiger partial charge in [-0.05, 0) is 37.6 Å². The van der Waals surface area contributed by atoms with Gasteiger partial charge in [0.15, 0.2) is 5.78 Å². The summed E-state index contributed by atoms with van der Waals surface area (Å²) in [6.45, 7) is 3.69. The van der Waals surface area contributed by atoms with Crippen LogP contribution in [0.5, 0.6) is 23.0 Å². The molecule has 5 nitrogen and oxygen atoms in total. The van der Waals surface area contributed by atoms with Crippen LogP contribution >= 0.6 is 0 Å². The summed E-state index contributed by atoms with van der Waals surface area (Å²) in [4.78, 5) is 12.6. The van der Waals surface area contributed by atoms with Crippen LogP contribution in [0.15, 0.2) is 42.5 Å². The minimum absolute atomic E-state index is 0.110. The van der Waals surface area contributed by atoms with Gasteiger partial charge in [-0.3, -0.25) is 4.79 Å². The fraction of sp³-hybridized carbons (Fsp3) is 0.250. The molecule has 0 unspecified atom stereocenters. The molecule has 0 spiro atoms. The second-order valence-corrected chi connectivity index (χ2v) is 5.66. The normalized spacial score (nSPS) is 10.9. The van der Waals surface area contributed by atoms with Crippen molar-refractivity contribution in [1.82, 2.24) is 0 Å². The summed E-state index contributed by atoms with van der Waals surface area (Å²) in [6.07, 6.45) is 2.92. The van der Waals surface area contributed by atoms with Crippen LogP contribution in [-0.4, -0.2) is 31.2 Å². The number of carbonyl (C=O) groups excluding carboxylic acids is 1. The van der Waals surface area contributed by atoms with Gasteiger partial charge < -0.3 is 19.3 Å². The monoisotopic (exact) mass is 342 g/mol. The van der Waals surface area contributed by atoms with Gasteiger partial charge in [-0.15, -0.1) is 0 Å². The van der Waals surface area contributed by atoms with E-state index in [1.54, 1.807) is 19.3 Å². The van der Waals surface area contributed by atoms with Crippen LogP contribution in [0, 0.1) is 0 Å². The highest BCUT2D eigenvalue weighted by Gasteiger charge is 2.18. The van der Waals surface area contributed by atoms with Gasteiger partial charge in [0.2, 0.25) is 0 Å². The Hall–Kier alpha value is -2.95. The number of phenols is 1. The number of benzene rings is 2. The fourth-order valence-electron chi connectivity index (χ4n) is 2.26. The summed E-state index contributed by atoms with van der Waals surface area (Å²) >= 11 is 0. The summed E-state index contributed by atoms with van der Waals surface area (Å²) in [6, 6.07) is 10.3. The van der Waals surface area contributed by atoms with Gasteiger partial charge in [-0.25, -0.2) is 0 Å². The van der Waals surface area contributed by atoms with E-state index in [2.05, 4.69) is 0 Å². The fourth-order valence-corrected chi connectivity index (χ4v) is 2.26. The molecule has 25 heavy (non-hydrogen) atoms. The zero-order chi connectivity index (χ0) is 18.4. The zero-order valence-electron chi connectivity index (χ0n) is 14.8. The summed E-state index contributed by atoms with van der Waals surface area (Å²) < 4.78 is 15.9. The number of ketones is 1. The third kappa shape index (κ3) is 4.76. The topological polar surface area (TPSA) is 65.0 Å². The van der Waals surface area contributed by atoms with Crippen molar-refractivity contribution in [2.75, 3.05) is 14.2 Å². The van der Waals surface area contributed by atoms with Crippen LogP contribution in [-0.2, 0) is 0 Å². The molecule has 2 aromatic rings. The number of phenolic OH excluding ortho intramolecular Hbond substituents is 1. The Bertz CT molecular complexity index is 760. The maximum absolute atomic E-state index is 12.6. The van der Waals surface area contributed by atoms with E-state index in [1.807, 2.05) is 38.1 Å². The van der Waals surface area contributed by atoms with Crippen molar-refractivity contribution in [3.05, 3.63) is 53.6 Å². The third-order valence-electron chi connectivity index (χ3n) is 3.44. The maximum Gasteiger partial charge on any atom is 0.193 e. The van der Waals surface area contributed by atoms with E-state index in [-0.39, 0.29) is 28.9 Å². The van der Waals surface area contributed by atoms with Crippen molar-refractivity contribution in [3.8, 4) is 23.0 Å². The summed E-state index contributed by atoms with van der Waals surface area (Å²) in [7, 11) is 3.08. The molecule has 0 bridgehead atoms. The summed E-state index contributed by atoms with van der Waals surface area (Å²) in [5.74, 6) is 0.912. The number of rotatable bonds is 7. The molecular formula is C20H22O5. The Kier molecular flexibility index (Phi) is 6.06. The standard InChI is InChI=1S/C20H22O5/c1-13(2)25-19-12-16(24-4)11-18(22)20(19)17(21)10-7-14-5-8-15(23-3)9-6-14/h5-13,22H,1-4H3/b10-7+. The lowest BCUT2D eigenvalue weighted by Gasteiger charge is -2.15. The predicted octanol–water partition coefficient (Wildman–Crippen LogP) is 4.09. The molecule has 0 aromatic heterocycles. The molecule has 1 N–H and O–H groups in total. The highest BCUT2D eigenvalue weighted by molar-refractivity contribution is 6.10. The first-order chi connectivity index (χ1) is 11.9. The van der Waals surface area contributed by atoms with Crippen LogP contribution in [0.3, 0.4) is 0 Å². The largest absolute Gasteiger partial charge is 0.507 e. The number of hydrogen-bond donors (Lipinski definition) is 1. The maximum atomic E-state index is 12.6. The first kappa shape index (κ1) is 18.4. The van der Waals surface area contributed by atoms with E-state index >= 15 is 0 Å². The average Bonchev–Trinajstić information content (AvgIpc) is 2.59. The first-order valence-electron chi connectivity index (χ1n) is 7.88. The second kappa shape index (κ2) is 8.24. The van der Waals surface area contributed by atoms with Crippen LogP contribution in [0.25, 0.3) is 6.08 Å². The molecule has 0 saturated heterocycles. The first-order valence-corrected chi connectivity index (χ1v) is 7.88. The minimum Gasteiger partial charge on any atom is -0.507 e. The highest BCUT2D eigenvalue weighted by Crippen LogP contribution is 2.34. The molecule has 0 aliphatic carbocycles. The summed E-state index contributed by atoms with van der Waals surface area (Å²) in [5, 5.41) is 10.2. The van der Waals surface area contributed by atoms with Gasteiger partial charge in [-0.1, -0.05) is 18.2 Å².